The average Bonchev–Trinajstić information content (AvgIpc) is 3.27. The number of phosphoric ester groups is 1. The number of phosphoric acid groups is 1. The standard InChI is InChI=1S/C23H44NO5P/c1-2-3-4-5-7-10-13-20-18-21(20)14-11-8-6-9-12-15-23(25)24-17-16-22(19-24)29-30(26,27)28/h20-22H,2-19H2,1H3,(H2,26,27,28). The molecule has 0 aromatic heterocycles. The number of nitrogens with zero attached hydrogens (tertiary/aromatic N) is 1. The van der Waals surface area contributed by atoms with Crippen LogP contribution in [0, 0.1) is 11.8 Å². The largest absolute Gasteiger partial charge is 0.469 e. The first kappa shape index (κ1) is 25.8. The van der Waals surface area contributed by atoms with Crippen LogP contribution >= 0.6 is 7.82 Å². The normalized spacial score (nSPS) is 23.8. The summed E-state index contributed by atoms with van der Waals surface area (Å²) < 4.78 is 15.6. The van der Waals surface area contributed by atoms with Crippen LogP contribution in [0.2, 0.25) is 0 Å². The summed E-state index contributed by atoms with van der Waals surface area (Å²) in [6, 6.07) is 0. The Kier molecular flexibility index (Phi) is 12.0. The summed E-state index contributed by atoms with van der Waals surface area (Å²) in [5.74, 6) is 2.11. The molecule has 0 spiro atoms. The van der Waals surface area contributed by atoms with Gasteiger partial charge in [-0.1, -0.05) is 84.0 Å². The van der Waals surface area contributed by atoms with Crippen LogP contribution in [0.5, 0.6) is 0 Å². The Hall–Kier alpha value is -0.420. The maximum atomic E-state index is 12.2. The molecular formula is C23H44NO5P. The Labute approximate surface area is 183 Å². The molecule has 3 atom stereocenters. The number of unbranched alkanes of at least 4 members (excludes halogenated alkanes) is 9. The molecule has 1 amide bonds. The molecule has 176 valence electrons. The summed E-state index contributed by atoms with van der Waals surface area (Å²) in [4.78, 5) is 31.6. The van der Waals surface area contributed by atoms with Crippen molar-refractivity contribution in [2.75, 3.05) is 13.1 Å². The van der Waals surface area contributed by atoms with E-state index in [1.807, 2.05) is 0 Å². The number of rotatable bonds is 17. The van der Waals surface area contributed by atoms with Crippen LogP contribution in [0.4, 0.5) is 0 Å². The summed E-state index contributed by atoms with van der Waals surface area (Å²) >= 11 is 0. The van der Waals surface area contributed by atoms with Crippen molar-refractivity contribution < 1.29 is 23.7 Å². The van der Waals surface area contributed by atoms with Gasteiger partial charge >= 0.3 is 7.82 Å². The van der Waals surface area contributed by atoms with Gasteiger partial charge in [-0.25, -0.2) is 4.57 Å². The molecule has 0 aromatic carbocycles. The molecule has 0 aromatic rings. The molecule has 30 heavy (non-hydrogen) atoms. The van der Waals surface area contributed by atoms with E-state index in [-0.39, 0.29) is 5.91 Å². The monoisotopic (exact) mass is 445 g/mol. The van der Waals surface area contributed by atoms with Gasteiger partial charge in [0, 0.05) is 19.5 Å². The highest BCUT2D eigenvalue weighted by Gasteiger charge is 2.35. The number of likely N-dealkylation sites (tertiary alicyclic amines) is 1. The molecule has 0 radical (unpaired) electrons. The van der Waals surface area contributed by atoms with Crippen molar-refractivity contribution in [1.29, 1.82) is 0 Å². The van der Waals surface area contributed by atoms with Crippen LogP contribution in [-0.2, 0) is 13.9 Å². The SMILES string of the molecule is CCCCCCCCC1CC1CCCCCCCC(=O)N1CCC(OP(=O)(O)O)C1. The van der Waals surface area contributed by atoms with Crippen molar-refractivity contribution in [2.24, 2.45) is 11.8 Å². The maximum Gasteiger partial charge on any atom is 0.469 e. The van der Waals surface area contributed by atoms with E-state index in [1.165, 1.54) is 77.0 Å². The van der Waals surface area contributed by atoms with Gasteiger partial charge < -0.3 is 14.7 Å². The molecule has 2 aliphatic rings. The van der Waals surface area contributed by atoms with Crippen molar-refractivity contribution in [3.05, 3.63) is 0 Å². The van der Waals surface area contributed by atoms with E-state index in [4.69, 9.17) is 14.3 Å². The van der Waals surface area contributed by atoms with E-state index in [2.05, 4.69) is 6.92 Å². The van der Waals surface area contributed by atoms with E-state index in [1.54, 1.807) is 4.90 Å². The minimum atomic E-state index is -4.46. The molecule has 3 unspecified atom stereocenters. The first-order chi connectivity index (χ1) is 14.4. The van der Waals surface area contributed by atoms with Crippen molar-refractivity contribution in [1.82, 2.24) is 4.90 Å². The molecule has 0 bridgehead atoms. The average molecular weight is 446 g/mol. The van der Waals surface area contributed by atoms with Gasteiger partial charge in [-0.2, -0.15) is 0 Å². The van der Waals surface area contributed by atoms with Crippen molar-refractivity contribution in [2.45, 2.75) is 116 Å². The highest BCUT2D eigenvalue weighted by molar-refractivity contribution is 7.46. The van der Waals surface area contributed by atoms with E-state index in [9.17, 15) is 9.36 Å². The zero-order valence-corrected chi connectivity index (χ0v) is 19.9. The third-order valence-electron chi connectivity index (χ3n) is 6.75. The lowest BCUT2D eigenvalue weighted by Gasteiger charge is -2.16. The summed E-state index contributed by atoms with van der Waals surface area (Å²) in [7, 11) is -4.46. The van der Waals surface area contributed by atoms with E-state index in [0.717, 1.165) is 24.7 Å². The summed E-state index contributed by atoms with van der Waals surface area (Å²) in [5.41, 5.74) is 0. The Morgan fingerprint density at radius 3 is 2.10 bits per heavy atom. The zero-order valence-electron chi connectivity index (χ0n) is 19.0. The molecule has 1 aliphatic carbocycles. The lowest BCUT2D eigenvalue weighted by Crippen LogP contribution is -2.29. The molecule has 7 heteroatoms. The number of amides is 1. The van der Waals surface area contributed by atoms with E-state index in [0.29, 0.717) is 25.9 Å². The molecule has 1 aliphatic heterocycles. The molecule has 2 fully saturated rings. The number of carbonyl (C=O) groups excluding carboxylic acids is 1. The molecule has 2 rings (SSSR count). The lowest BCUT2D eigenvalue weighted by molar-refractivity contribution is -0.130. The van der Waals surface area contributed by atoms with Crippen LogP contribution in [0.3, 0.4) is 0 Å². The second-order valence-corrected chi connectivity index (χ2v) is 10.7. The molecule has 6 nitrogen and oxygen atoms in total. The fourth-order valence-electron chi connectivity index (χ4n) is 4.81. The highest BCUT2D eigenvalue weighted by atomic mass is 31.2. The van der Waals surface area contributed by atoms with E-state index >= 15 is 0 Å². The molecule has 1 heterocycles. The Morgan fingerprint density at radius 2 is 1.50 bits per heavy atom. The fourth-order valence-corrected chi connectivity index (χ4v) is 5.37. The van der Waals surface area contributed by atoms with Gasteiger partial charge in [-0.3, -0.25) is 9.32 Å². The van der Waals surface area contributed by atoms with E-state index < -0.39 is 13.9 Å². The van der Waals surface area contributed by atoms with Crippen LogP contribution in [-0.4, -0.2) is 39.8 Å². The molecular weight excluding hydrogens is 401 g/mol. The predicted molar refractivity (Wildman–Crippen MR) is 120 cm³/mol. The van der Waals surface area contributed by atoms with Gasteiger partial charge in [0.2, 0.25) is 5.91 Å². The van der Waals surface area contributed by atoms with Crippen LogP contribution in [0.1, 0.15) is 110 Å². The van der Waals surface area contributed by atoms with Crippen molar-refractivity contribution in [3.63, 3.8) is 0 Å². The first-order valence-electron chi connectivity index (χ1n) is 12.4. The molecule has 2 N–H and O–H groups in total. The van der Waals surface area contributed by atoms with Crippen LogP contribution in [0.25, 0.3) is 0 Å². The van der Waals surface area contributed by atoms with Gasteiger partial charge in [-0.05, 0) is 31.1 Å². The summed E-state index contributed by atoms with van der Waals surface area (Å²) in [6.45, 7) is 3.10. The summed E-state index contributed by atoms with van der Waals surface area (Å²) in [6.07, 6.45) is 19.0. The third kappa shape index (κ3) is 11.3. The number of hydrogen-bond donors (Lipinski definition) is 2. The second kappa shape index (κ2) is 13.9. The first-order valence-corrected chi connectivity index (χ1v) is 13.9. The van der Waals surface area contributed by atoms with Crippen LogP contribution < -0.4 is 0 Å². The smallest absolute Gasteiger partial charge is 0.340 e. The number of hydrogen-bond acceptors (Lipinski definition) is 3. The Bertz CT molecular complexity index is 538. The second-order valence-electron chi connectivity index (χ2n) is 9.47. The quantitative estimate of drug-likeness (QED) is 0.218. The summed E-state index contributed by atoms with van der Waals surface area (Å²) in [5, 5.41) is 0. The predicted octanol–water partition coefficient (Wildman–Crippen LogP) is 5.81. The minimum Gasteiger partial charge on any atom is -0.340 e. The Morgan fingerprint density at radius 1 is 0.933 bits per heavy atom. The molecule has 1 saturated carbocycles. The van der Waals surface area contributed by atoms with Gasteiger partial charge in [0.15, 0.2) is 0 Å². The topological polar surface area (TPSA) is 87.1 Å². The molecule has 1 saturated heterocycles. The fraction of sp³-hybridized carbons (Fsp3) is 0.957. The van der Waals surface area contributed by atoms with Crippen molar-refractivity contribution >= 4 is 13.7 Å². The lowest BCUT2D eigenvalue weighted by atomic mass is 10.0. The Balaban J connectivity index is 1.37. The van der Waals surface area contributed by atoms with Gasteiger partial charge in [0.25, 0.3) is 0 Å². The zero-order chi connectivity index (χ0) is 21.8. The maximum absolute atomic E-state index is 12.2. The third-order valence-corrected chi connectivity index (χ3v) is 7.32. The van der Waals surface area contributed by atoms with Gasteiger partial charge in [0.05, 0.1) is 6.10 Å². The van der Waals surface area contributed by atoms with Gasteiger partial charge in [-0.15, -0.1) is 0 Å². The van der Waals surface area contributed by atoms with Crippen LogP contribution in [0.15, 0.2) is 0 Å². The highest BCUT2D eigenvalue weighted by Crippen LogP contribution is 2.45. The van der Waals surface area contributed by atoms with Gasteiger partial charge in [0.1, 0.15) is 0 Å². The number of carbonyl (C=O) groups is 1. The van der Waals surface area contributed by atoms with Crippen molar-refractivity contribution in [3.8, 4) is 0 Å². The minimum absolute atomic E-state index is 0.0855.